The zero-order chi connectivity index (χ0) is 15.9. The summed E-state index contributed by atoms with van der Waals surface area (Å²) in [5, 5.41) is 18.5. The number of carboxylic acids is 1. The Kier molecular flexibility index (Phi) is 6.18. The highest BCUT2D eigenvalue weighted by Crippen LogP contribution is 2.25. The molecular weight excluding hydrogens is 322 g/mol. The van der Waals surface area contributed by atoms with Crippen LogP contribution in [-0.4, -0.2) is 29.1 Å². The van der Waals surface area contributed by atoms with Crippen molar-refractivity contribution in [1.82, 2.24) is 10.3 Å². The third-order valence-electron chi connectivity index (χ3n) is 2.98. The minimum atomic E-state index is -1.05. The highest BCUT2D eigenvalue weighted by atomic mass is 35.5. The zero-order valence-electron chi connectivity index (χ0n) is 12.2. The van der Waals surface area contributed by atoms with E-state index in [9.17, 15) is 4.79 Å². The fourth-order valence-electron chi connectivity index (χ4n) is 1.89. The van der Waals surface area contributed by atoms with Crippen LogP contribution in [0.5, 0.6) is 0 Å². The first kappa shape index (κ1) is 16.7. The van der Waals surface area contributed by atoms with Crippen LogP contribution in [-0.2, 0) is 6.42 Å². The molecule has 0 unspecified atom stereocenters. The van der Waals surface area contributed by atoms with Gasteiger partial charge < -0.3 is 15.7 Å². The molecule has 0 bridgehead atoms. The van der Waals surface area contributed by atoms with Crippen molar-refractivity contribution in [3.8, 4) is 0 Å². The number of carboxylic acid groups (broad SMARTS) is 1. The van der Waals surface area contributed by atoms with Crippen molar-refractivity contribution in [3.05, 3.63) is 39.9 Å². The Bertz CT molecular complexity index is 645. The normalized spacial score (nSPS) is 10.6. The van der Waals surface area contributed by atoms with Gasteiger partial charge in [0.1, 0.15) is 0 Å². The average Bonchev–Trinajstić information content (AvgIpc) is 2.93. The lowest BCUT2D eigenvalue weighted by molar-refractivity contribution is 0.0697. The first-order valence-corrected chi connectivity index (χ1v) is 8.31. The predicted octanol–water partition coefficient (Wildman–Crippen LogP) is 3.78. The lowest BCUT2D eigenvalue weighted by Crippen LogP contribution is -2.17. The van der Waals surface area contributed by atoms with Gasteiger partial charge in [-0.25, -0.2) is 9.78 Å². The number of nitrogens with one attached hydrogen (secondary N) is 2. The van der Waals surface area contributed by atoms with E-state index in [2.05, 4.69) is 22.5 Å². The summed E-state index contributed by atoms with van der Waals surface area (Å²) < 4.78 is 0. The standard InChI is InChI=1S/C15H18ClN3O2S/c1-2-6-17-7-5-11-9-22-15(19-11)18-10-3-4-13(16)12(8-10)14(20)21/h3-4,8-9,17H,2,5-7H2,1H3,(H,18,19)(H,20,21). The minimum Gasteiger partial charge on any atom is -0.478 e. The van der Waals surface area contributed by atoms with Crippen LogP contribution in [0.15, 0.2) is 23.6 Å². The maximum Gasteiger partial charge on any atom is 0.337 e. The van der Waals surface area contributed by atoms with Gasteiger partial charge in [0.2, 0.25) is 0 Å². The van der Waals surface area contributed by atoms with Gasteiger partial charge in [-0.05, 0) is 31.2 Å². The quantitative estimate of drug-likeness (QED) is 0.638. The van der Waals surface area contributed by atoms with Crippen molar-refractivity contribution < 1.29 is 9.90 Å². The predicted molar refractivity (Wildman–Crippen MR) is 90.7 cm³/mol. The fourth-order valence-corrected chi connectivity index (χ4v) is 2.85. The molecule has 2 aromatic rings. The third-order valence-corrected chi connectivity index (χ3v) is 4.12. The van der Waals surface area contributed by atoms with E-state index in [1.807, 2.05) is 5.38 Å². The van der Waals surface area contributed by atoms with Crippen LogP contribution in [0.2, 0.25) is 5.02 Å². The molecule has 1 aromatic carbocycles. The lowest BCUT2D eigenvalue weighted by atomic mass is 10.2. The van der Waals surface area contributed by atoms with Crippen LogP contribution < -0.4 is 10.6 Å². The molecule has 0 aliphatic heterocycles. The van der Waals surface area contributed by atoms with Crippen LogP contribution in [0.1, 0.15) is 29.4 Å². The number of hydrogen-bond donors (Lipinski definition) is 3. The molecule has 0 saturated carbocycles. The minimum absolute atomic E-state index is 0.0761. The fraction of sp³-hybridized carbons (Fsp3) is 0.333. The molecule has 22 heavy (non-hydrogen) atoms. The number of anilines is 2. The Morgan fingerprint density at radius 2 is 2.23 bits per heavy atom. The summed E-state index contributed by atoms with van der Waals surface area (Å²) in [4.78, 5) is 15.6. The molecule has 1 heterocycles. The molecule has 3 N–H and O–H groups in total. The zero-order valence-corrected chi connectivity index (χ0v) is 13.8. The molecule has 0 spiro atoms. The van der Waals surface area contributed by atoms with Crippen molar-refractivity contribution in [3.63, 3.8) is 0 Å². The van der Waals surface area contributed by atoms with Crippen molar-refractivity contribution in [2.45, 2.75) is 19.8 Å². The SMILES string of the molecule is CCCNCCc1csc(Nc2ccc(Cl)c(C(=O)O)c2)n1. The molecule has 0 radical (unpaired) electrons. The van der Waals surface area contributed by atoms with Crippen LogP contribution in [0.3, 0.4) is 0 Å². The highest BCUT2D eigenvalue weighted by molar-refractivity contribution is 7.13. The number of rotatable bonds is 8. The van der Waals surface area contributed by atoms with Gasteiger partial charge in [0.05, 0.1) is 16.3 Å². The monoisotopic (exact) mass is 339 g/mol. The van der Waals surface area contributed by atoms with Gasteiger partial charge >= 0.3 is 5.97 Å². The van der Waals surface area contributed by atoms with E-state index in [0.717, 1.165) is 36.8 Å². The second-order valence-corrected chi connectivity index (χ2v) is 6.03. The summed E-state index contributed by atoms with van der Waals surface area (Å²) in [5.41, 5.74) is 1.75. The Morgan fingerprint density at radius 3 is 2.95 bits per heavy atom. The van der Waals surface area contributed by atoms with E-state index < -0.39 is 5.97 Å². The van der Waals surface area contributed by atoms with Gasteiger partial charge in [-0.2, -0.15) is 0 Å². The number of nitrogens with zero attached hydrogens (tertiary/aromatic N) is 1. The molecule has 118 valence electrons. The summed E-state index contributed by atoms with van der Waals surface area (Å²) in [6, 6.07) is 4.81. The van der Waals surface area contributed by atoms with Crippen LogP contribution in [0.4, 0.5) is 10.8 Å². The topological polar surface area (TPSA) is 74.2 Å². The van der Waals surface area contributed by atoms with E-state index in [0.29, 0.717) is 5.69 Å². The molecule has 0 aliphatic rings. The summed E-state index contributed by atoms with van der Waals surface area (Å²) in [5.74, 6) is -1.05. The second kappa shape index (κ2) is 8.12. The maximum atomic E-state index is 11.1. The van der Waals surface area contributed by atoms with Crippen LogP contribution in [0, 0.1) is 0 Å². The van der Waals surface area contributed by atoms with E-state index in [-0.39, 0.29) is 10.6 Å². The van der Waals surface area contributed by atoms with Crippen LogP contribution >= 0.6 is 22.9 Å². The van der Waals surface area contributed by atoms with Gasteiger partial charge in [-0.15, -0.1) is 11.3 Å². The number of halogens is 1. The average molecular weight is 340 g/mol. The molecule has 7 heteroatoms. The first-order valence-electron chi connectivity index (χ1n) is 7.05. The van der Waals surface area contributed by atoms with Gasteiger partial charge in [0.15, 0.2) is 5.13 Å². The molecule has 1 aromatic heterocycles. The van der Waals surface area contributed by atoms with Gasteiger partial charge in [-0.3, -0.25) is 0 Å². The van der Waals surface area contributed by atoms with Crippen molar-refractivity contribution in [2.75, 3.05) is 18.4 Å². The summed E-state index contributed by atoms with van der Waals surface area (Å²) >= 11 is 7.35. The molecule has 0 atom stereocenters. The summed E-state index contributed by atoms with van der Waals surface area (Å²) in [6.45, 7) is 4.05. The van der Waals surface area contributed by atoms with E-state index in [4.69, 9.17) is 16.7 Å². The van der Waals surface area contributed by atoms with Gasteiger partial charge in [-0.1, -0.05) is 18.5 Å². The van der Waals surface area contributed by atoms with Crippen molar-refractivity contribution >= 4 is 39.7 Å². The lowest BCUT2D eigenvalue weighted by Gasteiger charge is -2.05. The smallest absolute Gasteiger partial charge is 0.337 e. The molecule has 0 amide bonds. The highest BCUT2D eigenvalue weighted by Gasteiger charge is 2.10. The molecule has 0 aliphatic carbocycles. The molecule has 2 rings (SSSR count). The number of aromatic nitrogens is 1. The molecule has 0 fully saturated rings. The first-order chi connectivity index (χ1) is 10.6. The molecular formula is C15H18ClN3O2S. The van der Waals surface area contributed by atoms with E-state index >= 15 is 0 Å². The van der Waals surface area contributed by atoms with E-state index in [1.165, 1.54) is 17.4 Å². The molecule has 0 saturated heterocycles. The van der Waals surface area contributed by atoms with Gasteiger partial charge in [0.25, 0.3) is 0 Å². The second-order valence-electron chi connectivity index (χ2n) is 4.77. The van der Waals surface area contributed by atoms with E-state index in [1.54, 1.807) is 12.1 Å². The summed E-state index contributed by atoms with van der Waals surface area (Å²) in [7, 11) is 0. The number of benzene rings is 1. The van der Waals surface area contributed by atoms with Crippen LogP contribution in [0.25, 0.3) is 0 Å². The number of thiazole rings is 1. The van der Waals surface area contributed by atoms with Crippen molar-refractivity contribution in [2.24, 2.45) is 0 Å². The largest absolute Gasteiger partial charge is 0.478 e. The Labute approximate surface area is 138 Å². The Morgan fingerprint density at radius 1 is 1.41 bits per heavy atom. The third kappa shape index (κ3) is 4.69. The number of carbonyl (C=O) groups is 1. The maximum absolute atomic E-state index is 11.1. The molecule has 5 nitrogen and oxygen atoms in total. The Hall–Kier alpha value is -1.63. The van der Waals surface area contributed by atoms with Crippen molar-refractivity contribution in [1.29, 1.82) is 0 Å². The Balaban J connectivity index is 1.98. The summed E-state index contributed by atoms with van der Waals surface area (Å²) in [6.07, 6.45) is 1.99. The number of hydrogen-bond acceptors (Lipinski definition) is 5. The number of aromatic carboxylic acids is 1. The van der Waals surface area contributed by atoms with Gasteiger partial charge in [0, 0.05) is 24.0 Å².